The molecule has 0 radical (unpaired) electrons. The standard InChI is InChI=1S/C30H29F17N2O2/c1-2-3-4-5-6-7-17-14-48-23(49-15-17)18-11-8-16(9-12-18)10-13-19(50)51-24(35)26(38,39)28(42,43)30(46,47)29(44,45)27(40,41)25(36,37)21(32)20(31)22(33)34/h8-9,11-12,14-15,20-22,24H,2-7,10,13H2,1H3. The Morgan fingerprint density at radius 1 is 0.647 bits per heavy atom. The molecule has 1 aromatic carbocycles. The normalized spacial score (nSPS) is 15.5. The average molecular weight is 773 g/mol. The molecule has 2 aromatic rings. The van der Waals surface area contributed by atoms with Crippen molar-refractivity contribution in [3.8, 4) is 11.4 Å². The highest BCUT2D eigenvalue weighted by Crippen LogP contribution is 2.61. The quantitative estimate of drug-likeness (QED) is 0.0764. The zero-order valence-electron chi connectivity index (χ0n) is 26.1. The molecule has 4 nitrogen and oxygen atoms in total. The van der Waals surface area contributed by atoms with Crippen LogP contribution >= 0.6 is 0 Å². The lowest BCUT2D eigenvalue weighted by Gasteiger charge is -2.42. The molecule has 0 saturated heterocycles. The van der Waals surface area contributed by atoms with Gasteiger partial charge < -0.3 is 4.74 Å². The second-order valence-electron chi connectivity index (χ2n) is 11.3. The van der Waals surface area contributed by atoms with Gasteiger partial charge in [-0.1, -0.05) is 56.9 Å². The Labute approximate surface area is 278 Å². The number of esters is 1. The lowest BCUT2D eigenvalue weighted by Crippen LogP contribution is -2.73. The predicted octanol–water partition coefficient (Wildman–Crippen LogP) is 10.2. The van der Waals surface area contributed by atoms with Crippen molar-refractivity contribution in [1.82, 2.24) is 9.97 Å². The van der Waals surface area contributed by atoms with Crippen LogP contribution in [0.3, 0.4) is 0 Å². The molecule has 1 heterocycles. The number of ether oxygens (including phenoxy) is 1. The minimum atomic E-state index is -8.51. The van der Waals surface area contributed by atoms with Crippen molar-refractivity contribution in [2.24, 2.45) is 0 Å². The molecule has 2 rings (SSSR count). The van der Waals surface area contributed by atoms with Gasteiger partial charge in [0.15, 0.2) is 12.0 Å². The van der Waals surface area contributed by atoms with Gasteiger partial charge in [0.2, 0.25) is 6.17 Å². The molecule has 0 amide bonds. The zero-order chi connectivity index (χ0) is 39.2. The molecule has 0 bridgehead atoms. The second-order valence-corrected chi connectivity index (χ2v) is 11.3. The van der Waals surface area contributed by atoms with Crippen molar-refractivity contribution in [2.75, 3.05) is 0 Å². The molecule has 0 aliphatic carbocycles. The van der Waals surface area contributed by atoms with Gasteiger partial charge in [-0.3, -0.25) is 4.79 Å². The minimum Gasteiger partial charge on any atom is -0.424 e. The molecule has 290 valence electrons. The molecule has 21 heteroatoms. The number of carbonyl (C=O) groups excluding carboxylic acids is 1. The Kier molecular flexibility index (Phi) is 14.2. The number of benzene rings is 1. The minimum absolute atomic E-state index is 0.176. The Bertz CT molecular complexity index is 1410. The van der Waals surface area contributed by atoms with E-state index in [0.29, 0.717) is 5.56 Å². The van der Waals surface area contributed by atoms with Gasteiger partial charge in [-0.05, 0) is 30.4 Å². The Morgan fingerprint density at radius 2 is 1.14 bits per heavy atom. The SMILES string of the molecule is CCCCCCCc1cnc(-c2ccc(CCC(=O)OC(F)C(F)(F)C(F)(F)C(F)(F)C(F)(F)C(F)(F)C(F)(F)C(F)C(F)C(F)F)cc2)nc1. The molecular formula is C30H29F17N2O2. The van der Waals surface area contributed by atoms with Crippen molar-refractivity contribution in [1.29, 1.82) is 0 Å². The van der Waals surface area contributed by atoms with Crippen LogP contribution in [-0.2, 0) is 22.4 Å². The summed E-state index contributed by atoms with van der Waals surface area (Å²) in [7, 11) is 0. The summed E-state index contributed by atoms with van der Waals surface area (Å²) in [6.07, 6.45) is -13.6. The molecule has 51 heavy (non-hydrogen) atoms. The summed E-state index contributed by atoms with van der Waals surface area (Å²) in [4.78, 5) is 20.3. The van der Waals surface area contributed by atoms with Crippen LogP contribution in [0.2, 0.25) is 0 Å². The fraction of sp³-hybridized carbons (Fsp3) is 0.633. The molecule has 0 aliphatic rings. The van der Waals surface area contributed by atoms with E-state index in [1.54, 1.807) is 12.4 Å². The first-order valence-electron chi connectivity index (χ1n) is 14.9. The molecule has 0 N–H and O–H groups in total. The van der Waals surface area contributed by atoms with Crippen LogP contribution in [0.5, 0.6) is 0 Å². The topological polar surface area (TPSA) is 52.1 Å². The first-order chi connectivity index (χ1) is 23.3. The molecule has 1 aromatic heterocycles. The van der Waals surface area contributed by atoms with Crippen molar-refractivity contribution in [2.45, 2.75) is 119 Å². The van der Waals surface area contributed by atoms with E-state index < -0.39 is 79.5 Å². The van der Waals surface area contributed by atoms with Crippen molar-refractivity contribution >= 4 is 5.97 Å². The van der Waals surface area contributed by atoms with E-state index in [2.05, 4.69) is 21.6 Å². The smallest absolute Gasteiger partial charge is 0.385 e. The number of halogens is 17. The molecule has 0 fully saturated rings. The predicted molar refractivity (Wildman–Crippen MR) is 145 cm³/mol. The maximum atomic E-state index is 14.1. The molecule has 0 aliphatic heterocycles. The number of carbonyl (C=O) groups is 1. The molecule has 0 saturated carbocycles. The van der Waals surface area contributed by atoms with E-state index in [0.717, 1.165) is 44.1 Å². The highest BCUT2D eigenvalue weighted by molar-refractivity contribution is 5.70. The lowest BCUT2D eigenvalue weighted by molar-refractivity contribution is -0.439. The van der Waals surface area contributed by atoms with E-state index in [1.165, 1.54) is 24.3 Å². The first kappa shape index (κ1) is 43.7. The van der Waals surface area contributed by atoms with E-state index in [1.807, 2.05) is 0 Å². The summed E-state index contributed by atoms with van der Waals surface area (Å²) in [5.74, 6) is -50.4. The Balaban J connectivity index is 2.10. The summed E-state index contributed by atoms with van der Waals surface area (Å²) in [5.41, 5.74) is 1.50. The summed E-state index contributed by atoms with van der Waals surface area (Å²) in [6.45, 7) is 2.08. The van der Waals surface area contributed by atoms with E-state index in [9.17, 15) is 79.4 Å². The first-order valence-corrected chi connectivity index (χ1v) is 14.9. The third kappa shape index (κ3) is 8.97. The van der Waals surface area contributed by atoms with Crippen LogP contribution in [0, 0.1) is 0 Å². The summed E-state index contributed by atoms with van der Waals surface area (Å²) >= 11 is 0. The van der Waals surface area contributed by atoms with Gasteiger partial charge in [-0.15, -0.1) is 0 Å². The number of rotatable bonds is 20. The van der Waals surface area contributed by atoms with E-state index in [4.69, 9.17) is 0 Å². The largest absolute Gasteiger partial charge is 0.424 e. The summed E-state index contributed by atoms with van der Waals surface area (Å²) in [5, 5.41) is 0. The van der Waals surface area contributed by atoms with Gasteiger partial charge in [0.05, 0.1) is 0 Å². The van der Waals surface area contributed by atoms with Gasteiger partial charge in [0.1, 0.15) is 0 Å². The van der Waals surface area contributed by atoms with Crippen LogP contribution in [0.1, 0.15) is 56.6 Å². The Morgan fingerprint density at radius 3 is 1.63 bits per heavy atom. The second kappa shape index (κ2) is 16.5. The van der Waals surface area contributed by atoms with Crippen LogP contribution < -0.4 is 0 Å². The number of unbranched alkanes of at least 4 members (excludes halogenated alkanes) is 4. The van der Waals surface area contributed by atoms with Crippen LogP contribution in [0.15, 0.2) is 36.7 Å². The number of aromatic nitrogens is 2. The summed E-state index contributed by atoms with van der Waals surface area (Å²) < 4.78 is 234. The zero-order valence-corrected chi connectivity index (χ0v) is 26.1. The van der Waals surface area contributed by atoms with Crippen LogP contribution in [-0.4, -0.2) is 76.6 Å². The van der Waals surface area contributed by atoms with Gasteiger partial charge in [0.25, 0.3) is 6.43 Å². The summed E-state index contributed by atoms with van der Waals surface area (Å²) in [6, 6.07) is 5.47. The maximum Gasteiger partial charge on any atom is 0.385 e. The molecule has 0 spiro atoms. The van der Waals surface area contributed by atoms with Gasteiger partial charge in [-0.2, -0.15) is 57.1 Å². The van der Waals surface area contributed by atoms with Gasteiger partial charge in [-0.25, -0.2) is 27.5 Å². The highest BCUT2D eigenvalue weighted by atomic mass is 19.4. The lowest BCUT2D eigenvalue weighted by atomic mass is 9.89. The van der Waals surface area contributed by atoms with Gasteiger partial charge in [0, 0.05) is 24.4 Å². The van der Waals surface area contributed by atoms with Gasteiger partial charge >= 0.3 is 47.9 Å². The van der Waals surface area contributed by atoms with Crippen molar-refractivity contribution in [3.05, 3.63) is 47.8 Å². The third-order valence-corrected chi connectivity index (χ3v) is 7.51. The van der Waals surface area contributed by atoms with Crippen LogP contribution in [0.4, 0.5) is 74.6 Å². The number of hydrogen-bond donors (Lipinski definition) is 0. The molecular weight excluding hydrogens is 743 g/mol. The highest BCUT2D eigenvalue weighted by Gasteiger charge is 2.92. The fourth-order valence-corrected chi connectivity index (χ4v) is 4.34. The fourth-order valence-electron chi connectivity index (χ4n) is 4.34. The van der Waals surface area contributed by atoms with Crippen LogP contribution in [0.25, 0.3) is 11.4 Å². The maximum absolute atomic E-state index is 14.1. The van der Waals surface area contributed by atoms with E-state index >= 15 is 0 Å². The molecule has 3 unspecified atom stereocenters. The Hall–Kier alpha value is -3.42. The number of hydrogen-bond acceptors (Lipinski definition) is 4. The average Bonchev–Trinajstić information content (AvgIpc) is 3.06. The van der Waals surface area contributed by atoms with E-state index in [-0.39, 0.29) is 11.4 Å². The third-order valence-electron chi connectivity index (χ3n) is 7.51. The number of aryl methyl sites for hydroxylation is 2. The molecule has 3 atom stereocenters. The monoisotopic (exact) mass is 772 g/mol. The van der Waals surface area contributed by atoms with Crippen molar-refractivity contribution < 1.29 is 84.2 Å². The number of nitrogens with zero attached hydrogens (tertiary/aromatic N) is 2. The number of alkyl halides is 17. The van der Waals surface area contributed by atoms with Crippen molar-refractivity contribution in [3.63, 3.8) is 0 Å².